The van der Waals surface area contributed by atoms with E-state index in [1.54, 1.807) is 0 Å². The Hall–Kier alpha value is -3.09. The number of likely N-dealkylation sites (N-methyl/N-ethyl adjacent to an activating group) is 2. The van der Waals surface area contributed by atoms with E-state index in [2.05, 4.69) is 25.8 Å². The van der Waals surface area contributed by atoms with Crippen molar-refractivity contribution < 1.29 is 23.6 Å². The monoisotopic (exact) mass is 510 g/mol. The van der Waals surface area contributed by atoms with Crippen LogP contribution in [-0.4, -0.2) is 78.7 Å². The number of anilines is 1. The number of halogens is 2. The molecule has 0 bridgehead atoms. The van der Waals surface area contributed by atoms with Crippen LogP contribution in [0, 0.1) is 5.82 Å². The lowest BCUT2D eigenvalue weighted by Gasteiger charge is -2.21. The highest BCUT2D eigenvalue weighted by molar-refractivity contribution is 7.13. The van der Waals surface area contributed by atoms with Crippen LogP contribution in [0.2, 0.25) is 5.02 Å². The molecule has 3 rings (SSSR count). The largest absolute Gasteiger partial charge is 0.347 e. The zero-order valence-electron chi connectivity index (χ0n) is 18.8. The summed E-state index contributed by atoms with van der Waals surface area (Å²) in [7, 11) is 4.99. The number of rotatable bonds is 6. The number of benzene rings is 1. The Morgan fingerprint density at radius 2 is 2.00 bits per heavy atom. The van der Waals surface area contributed by atoms with E-state index in [1.807, 2.05) is 7.05 Å². The summed E-state index contributed by atoms with van der Waals surface area (Å²) in [5.41, 5.74) is 0.905. The number of amides is 4. The molecule has 0 fully saturated rings. The summed E-state index contributed by atoms with van der Waals surface area (Å²) in [5.74, 6) is -3.91. The van der Waals surface area contributed by atoms with Crippen molar-refractivity contribution in [3.63, 3.8) is 0 Å². The van der Waals surface area contributed by atoms with E-state index in [9.17, 15) is 23.6 Å². The van der Waals surface area contributed by atoms with E-state index in [0.29, 0.717) is 6.54 Å². The summed E-state index contributed by atoms with van der Waals surface area (Å²) >= 11 is 6.86. The molecule has 0 saturated heterocycles. The van der Waals surface area contributed by atoms with Gasteiger partial charge in [0, 0.05) is 50.7 Å². The fraction of sp³-hybridized carbons (Fsp3) is 0.381. The van der Waals surface area contributed by atoms with Gasteiger partial charge in [0.15, 0.2) is 5.01 Å². The van der Waals surface area contributed by atoms with Crippen molar-refractivity contribution in [2.24, 2.45) is 0 Å². The van der Waals surface area contributed by atoms with Crippen LogP contribution in [0.25, 0.3) is 0 Å². The Morgan fingerprint density at radius 3 is 2.68 bits per heavy atom. The maximum atomic E-state index is 13.5. The van der Waals surface area contributed by atoms with Crippen molar-refractivity contribution >= 4 is 52.3 Å². The molecular weight excluding hydrogens is 487 g/mol. The van der Waals surface area contributed by atoms with Crippen LogP contribution in [-0.2, 0) is 27.3 Å². The molecule has 0 saturated carbocycles. The van der Waals surface area contributed by atoms with Gasteiger partial charge in [0.05, 0.1) is 10.7 Å². The minimum absolute atomic E-state index is 0.0367. The second-order valence-electron chi connectivity index (χ2n) is 7.93. The zero-order chi connectivity index (χ0) is 25.0. The molecule has 2 aromatic rings. The van der Waals surface area contributed by atoms with Crippen molar-refractivity contribution in [1.29, 1.82) is 0 Å². The molecule has 1 unspecified atom stereocenters. The van der Waals surface area contributed by atoms with Gasteiger partial charge in [0.1, 0.15) is 11.9 Å². The third-order valence-electron chi connectivity index (χ3n) is 5.01. The summed E-state index contributed by atoms with van der Waals surface area (Å²) in [6.07, 6.45) is 0.734. The Labute approximate surface area is 204 Å². The van der Waals surface area contributed by atoms with Gasteiger partial charge in [-0.1, -0.05) is 11.6 Å². The van der Waals surface area contributed by atoms with Gasteiger partial charge in [-0.25, -0.2) is 9.37 Å². The highest BCUT2D eigenvalue weighted by Gasteiger charge is 2.28. The number of aromatic nitrogens is 1. The van der Waals surface area contributed by atoms with Gasteiger partial charge in [0.25, 0.3) is 5.91 Å². The molecule has 0 aliphatic carbocycles. The lowest BCUT2D eigenvalue weighted by Crippen LogP contribution is -2.53. The first-order valence-corrected chi connectivity index (χ1v) is 11.5. The molecule has 10 nitrogen and oxygen atoms in total. The number of hydrogen-bond donors (Lipinski definition) is 3. The quantitative estimate of drug-likeness (QED) is 0.495. The van der Waals surface area contributed by atoms with Crippen molar-refractivity contribution in [2.75, 3.05) is 39.5 Å². The molecule has 2 heterocycles. The fourth-order valence-corrected chi connectivity index (χ4v) is 4.40. The second-order valence-corrected chi connectivity index (χ2v) is 9.42. The minimum atomic E-state index is -1.13. The number of fused-ring (bicyclic) bond motifs is 1. The third kappa shape index (κ3) is 6.27. The molecule has 1 atom stereocenters. The molecule has 1 aromatic heterocycles. The first-order valence-electron chi connectivity index (χ1n) is 10.3. The van der Waals surface area contributed by atoms with E-state index >= 15 is 0 Å². The van der Waals surface area contributed by atoms with E-state index in [0.717, 1.165) is 29.6 Å². The number of hydrogen-bond acceptors (Lipinski definition) is 7. The van der Waals surface area contributed by atoms with Crippen molar-refractivity contribution in [2.45, 2.75) is 19.0 Å². The van der Waals surface area contributed by atoms with Crippen LogP contribution < -0.4 is 16.0 Å². The highest BCUT2D eigenvalue weighted by atomic mass is 35.5. The van der Waals surface area contributed by atoms with Crippen LogP contribution in [0.1, 0.15) is 20.4 Å². The third-order valence-corrected chi connectivity index (χ3v) is 6.40. The van der Waals surface area contributed by atoms with Crippen LogP contribution in [0.4, 0.5) is 10.1 Å². The lowest BCUT2D eigenvalue weighted by atomic mass is 10.2. The average Bonchev–Trinajstić information content (AvgIpc) is 3.21. The Bertz CT molecular complexity index is 1120. The maximum absolute atomic E-state index is 13.5. The van der Waals surface area contributed by atoms with Crippen molar-refractivity contribution in [3.8, 4) is 0 Å². The van der Waals surface area contributed by atoms with Crippen LogP contribution in [0.15, 0.2) is 18.2 Å². The van der Waals surface area contributed by atoms with E-state index < -0.39 is 35.5 Å². The first kappa shape index (κ1) is 25.5. The van der Waals surface area contributed by atoms with Crippen LogP contribution in [0.5, 0.6) is 0 Å². The fourth-order valence-electron chi connectivity index (χ4n) is 3.19. The van der Waals surface area contributed by atoms with E-state index in [1.165, 1.54) is 42.5 Å². The number of carbonyl (C=O) groups excluding carboxylic acids is 4. The standard InChI is InChI=1S/C21H24ClFN6O4S/c1-28(2)21(33)15(26-19(32)20-27-14-6-7-29(3)10-16(14)34-20)9-24-17(30)18(31)25-11-4-5-12(22)13(23)8-11/h4-5,8,15H,6-7,9-10H2,1-3H3,(H,24,30)(H,25,31)(H,26,32). The van der Waals surface area contributed by atoms with Gasteiger partial charge in [-0.15, -0.1) is 11.3 Å². The molecule has 13 heteroatoms. The van der Waals surface area contributed by atoms with Crippen LogP contribution >= 0.6 is 22.9 Å². The van der Waals surface area contributed by atoms with Gasteiger partial charge in [-0.2, -0.15) is 0 Å². The average molecular weight is 511 g/mol. The van der Waals surface area contributed by atoms with Crippen molar-refractivity contribution in [3.05, 3.63) is 44.6 Å². The molecule has 182 valence electrons. The molecule has 1 aliphatic heterocycles. The summed E-state index contributed by atoms with van der Waals surface area (Å²) in [5, 5.41) is 7.24. The molecule has 34 heavy (non-hydrogen) atoms. The molecule has 0 spiro atoms. The predicted octanol–water partition coefficient (Wildman–Crippen LogP) is 0.865. The summed E-state index contributed by atoms with van der Waals surface area (Å²) < 4.78 is 13.5. The van der Waals surface area contributed by atoms with Crippen LogP contribution in [0.3, 0.4) is 0 Å². The van der Waals surface area contributed by atoms with Gasteiger partial charge in [-0.05, 0) is 25.2 Å². The smallest absolute Gasteiger partial charge is 0.313 e. The number of nitrogens with zero attached hydrogens (tertiary/aromatic N) is 3. The van der Waals surface area contributed by atoms with E-state index in [-0.39, 0.29) is 22.3 Å². The number of nitrogens with one attached hydrogen (secondary N) is 3. The lowest BCUT2D eigenvalue weighted by molar-refractivity contribution is -0.136. The Kier molecular flexibility index (Phi) is 8.18. The summed E-state index contributed by atoms with van der Waals surface area (Å²) in [6, 6.07) is 2.41. The molecule has 1 aliphatic rings. The molecule has 3 N–H and O–H groups in total. The Morgan fingerprint density at radius 1 is 1.26 bits per heavy atom. The minimum Gasteiger partial charge on any atom is -0.347 e. The maximum Gasteiger partial charge on any atom is 0.313 e. The highest BCUT2D eigenvalue weighted by Crippen LogP contribution is 2.24. The molecule has 0 radical (unpaired) electrons. The normalized spacial score (nSPS) is 14.0. The first-order chi connectivity index (χ1) is 16.0. The van der Waals surface area contributed by atoms with E-state index in [4.69, 9.17) is 11.6 Å². The van der Waals surface area contributed by atoms with Gasteiger partial charge in [0.2, 0.25) is 5.91 Å². The molecule has 4 amide bonds. The zero-order valence-corrected chi connectivity index (χ0v) is 20.3. The SMILES string of the molecule is CN1CCc2nc(C(=O)NC(CNC(=O)C(=O)Nc3ccc(Cl)c(F)c3)C(=O)N(C)C)sc2C1. The van der Waals surface area contributed by atoms with Gasteiger partial charge < -0.3 is 25.8 Å². The molecular formula is C21H24ClFN6O4S. The van der Waals surface area contributed by atoms with Gasteiger partial charge in [-0.3, -0.25) is 19.2 Å². The summed E-state index contributed by atoms with van der Waals surface area (Å²) in [6.45, 7) is 1.21. The summed E-state index contributed by atoms with van der Waals surface area (Å²) in [4.78, 5) is 58.5. The number of carbonyl (C=O) groups is 4. The Balaban J connectivity index is 1.62. The molecule has 1 aromatic carbocycles. The topological polar surface area (TPSA) is 124 Å². The predicted molar refractivity (Wildman–Crippen MR) is 125 cm³/mol. The second kappa shape index (κ2) is 10.9. The number of thiazole rings is 1. The van der Waals surface area contributed by atoms with Crippen molar-refractivity contribution in [1.82, 2.24) is 25.4 Å². The van der Waals surface area contributed by atoms with Gasteiger partial charge >= 0.3 is 11.8 Å².